The zero-order valence-corrected chi connectivity index (χ0v) is 19.0. The molecule has 2 aromatic carbocycles. The van der Waals surface area contributed by atoms with Crippen molar-refractivity contribution in [3.05, 3.63) is 63.6 Å². The van der Waals surface area contributed by atoms with Crippen LogP contribution in [0.3, 0.4) is 0 Å². The van der Waals surface area contributed by atoms with E-state index in [1.807, 2.05) is 18.2 Å². The Hall–Kier alpha value is -1.79. The van der Waals surface area contributed by atoms with Gasteiger partial charge in [0.2, 0.25) is 0 Å². The normalized spacial score (nSPS) is 16.8. The summed E-state index contributed by atoms with van der Waals surface area (Å²) in [5, 5.41) is 3.94. The van der Waals surface area contributed by atoms with E-state index in [0.29, 0.717) is 22.2 Å². The molecule has 1 N–H and O–H groups in total. The molecule has 7 heteroatoms. The maximum atomic E-state index is 12.5. The second-order valence-electron chi connectivity index (χ2n) is 7.94. The van der Waals surface area contributed by atoms with Crippen molar-refractivity contribution in [3.8, 4) is 5.75 Å². The van der Waals surface area contributed by atoms with E-state index < -0.39 is 0 Å². The molecule has 0 saturated carbocycles. The number of halogens is 2. The van der Waals surface area contributed by atoms with Crippen molar-refractivity contribution in [3.63, 3.8) is 0 Å². The molecule has 2 aromatic rings. The number of carbonyl (C=O) groups excluding carboxylic acids is 1. The molecule has 1 amide bonds. The Bertz CT molecular complexity index is 860. The number of hydrogen-bond acceptors (Lipinski definition) is 4. The van der Waals surface area contributed by atoms with Crippen LogP contribution >= 0.6 is 23.2 Å². The molecule has 30 heavy (non-hydrogen) atoms. The smallest absolute Gasteiger partial charge is 0.251 e. The number of amides is 1. The van der Waals surface area contributed by atoms with Gasteiger partial charge in [0.1, 0.15) is 5.75 Å². The van der Waals surface area contributed by atoms with Crippen molar-refractivity contribution >= 4 is 29.1 Å². The third kappa shape index (κ3) is 6.61. The minimum atomic E-state index is -0.120. The molecule has 1 heterocycles. The third-order valence-corrected chi connectivity index (χ3v) is 5.90. The van der Waals surface area contributed by atoms with E-state index in [-0.39, 0.29) is 11.9 Å². The summed E-state index contributed by atoms with van der Waals surface area (Å²) in [7, 11) is 4.14. The van der Waals surface area contributed by atoms with Gasteiger partial charge in [0.25, 0.3) is 5.91 Å². The Morgan fingerprint density at radius 3 is 2.77 bits per heavy atom. The van der Waals surface area contributed by atoms with Gasteiger partial charge in [-0.25, -0.2) is 0 Å². The summed E-state index contributed by atoms with van der Waals surface area (Å²) >= 11 is 12.0. The molecule has 0 unspecified atom stereocenters. The predicted molar refractivity (Wildman–Crippen MR) is 123 cm³/mol. The molecular formula is C23H29Cl2N3O2. The summed E-state index contributed by atoms with van der Waals surface area (Å²) in [5.74, 6) is 0.824. The standard InChI is InChI=1S/C23H29Cl2N3O2/c1-27(2)11-5-13-30-22-7-4-3-6-18(22)15-28-12-10-19(16-28)26-23(29)17-8-9-20(24)21(25)14-17/h3-4,6-9,14,19H,5,10-13,15-16H2,1-2H3,(H,26,29)/t19-/m0/s1. The molecule has 162 valence electrons. The second kappa shape index (κ2) is 11.0. The molecule has 0 bridgehead atoms. The number of benzene rings is 2. The van der Waals surface area contributed by atoms with Crippen molar-refractivity contribution in [2.45, 2.75) is 25.4 Å². The molecule has 1 fully saturated rings. The van der Waals surface area contributed by atoms with Crippen molar-refractivity contribution in [1.29, 1.82) is 0 Å². The lowest BCUT2D eigenvalue weighted by Crippen LogP contribution is -2.37. The third-order valence-electron chi connectivity index (χ3n) is 5.16. The van der Waals surface area contributed by atoms with E-state index in [2.05, 4.69) is 35.3 Å². The zero-order valence-electron chi connectivity index (χ0n) is 17.5. The molecule has 1 atom stereocenters. The lowest BCUT2D eigenvalue weighted by atomic mass is 10.2. The van der Waals surface area contributed by atoms with E-state index >= 15 is 0 Å². The van der Waals surface area contributed by atoms with Gasteiger partial charge in [-0.1, -0.05) is 41.4 Å². The van der Waals surface area contributed by atoms with E-state index in [4.69, 9.17) is 27.9 Å². The Morgan fingerprint density at radius 1 is 1.20 bits per heavy atom. The van der Waals surface area contributed by atoms with Gasteiger partial charge in [0.15, 0.2) is 0 Å². The summed E-state index contributed by atoms with van der Waals surface area (Å²) in [6.45, 7) is 4.26. The van der Waals surface area contributed by atoms with Crippen molar-refractivity contribution in [1.82, 2.24) is 15.1 Å². The second-order valence-corrected chi connectivity index (χ2v) is 8.75. The van der Waals surface area contributed by atoms with Crippen LogP contribution in [0.2, 0.25) is 10.0 Å². The summed E-state index contributed by atoms with van der Waals surface area (Å²) in [6, 6.07) is 13.3. The zero-order chi connectivity index (χ0) is 21.5. The van der Waals surface area contributed by atoms with Crippen LogP contribution < -0.4 is 10.1 Å². The molecule has 0 aromatic heterocycles. The molecule has 1 saturated heterocycles. The molecule has 1 aliphatic rings. The van der Waals surface area contributed by atoms with Gasteiger partial charge in [0, 0.05) is 43.3 Å². The fraction of sp³-hybridized carbons (Fsp3) is 0.435. The fourth-order valence-corrected chi connectivity index (χ4v) is 3.88. The Kier molecular flexibility index (Phi) is 8.40. The van der Waals surface area contributed by atoms with Gasteiger partial charge in [-0.15, -0.1) is 0 Å². The van der Waals surface area contributed by atoms with Gasteiger partial charge in [-0.3, -0.25) is 9.69 Å². The van der Waals surface area contributed by atoms with Crippen LogP contribution in [0.15, 0.2) is 42.5 Å². The number of rotatable bonds is 9. The highest BCUT2D eigenvalue weighted by atomic mass is 35.5. The largest absolute Gasteiger partial charge is 0.493 e. The highest BCUT2D eigenvalue weighted by molar-refractivity contribution is 6.42. The number of carbonyl (C=O) groups is 1. The highest BCUT2D eigenvalue weighted by Gasteiger charge is 2.25. The van der Waals surface area contributed by atoms with Gasteiger partial charge < -0.3 is 15.0 Å². The van der Waals surface area contributed by atoms with Gasteiger partial charge in [-0.05, 0) is 51.2 Å². The molecule has 3 rings (SSSR count). The lowest BCUT2D eigenvalue weighted by Gasteiger charge is -2.19. The molecular weight excluding hydrogens is 421 g/mol. The Balaban J connectivity index is 1.51. The summed E-state index contributed by atoms with van der Waals surface area (Å²) in [5.41, 5.74) is 1.71. The molecule has 0 radical (unpaired) electrons. The van der Waals surface area contributed by atoms with E-state index in [1.54, 1.807) is 18.2 Å². The summed E-state index contributed by atoms with van der Waals surface area (Å²) in [6.07, 6.45) is 1.91. The first kappa shape index (κ1) is 22.9. The van der Waals surface area contributed by atoms with Crippen LogP contribution in [0.4, 0.5) is 0 Å². The maximum absolute atomic E-state index is 12.5. The number of likely N-dealkylation sites (tertiary alicyclic amines) is 1. The molecule has 0 aliphatic carbocycles. The molecule has 1 aliphatic heterocycles. The fourth-order valence-electron chi connectivity index (χ4n) is 3.58. The maximum Gasteiger partial charge on any atom is 0.251 e. The van der Waals surface area contributed by atoms with Crippen LogP contribution in [-0.2, 0) is 6.54 Å². The van der Waals surface area contributed by atoms with Crippen LogP contribution in [-0.4, -0.2) is 62.1 Å². The van der Waals surface area contributed by atoms with Crippen molar-refractivity contribution in [2.75, 3.05) is 40.3 Å². The Labute approximate surface area is 188 Å². The van der Waals surface area contributed by atoms with E-state index in [1.165, 1.54) is 5.56 Å². The van der Waals surface area contributed by atoms with E-state index in [0.717, 1.165) is 44.8 Å². The van der Waals surface area contributed by atoms with Crippen molar-refractivity contribution < 1.29 is 9.53 Å². The number of nitrogens with zero attached hydrogens (tertiary/aromatic N) is 2. The monoisotopic (exact) mass is 449 g/mol. The first-order valence-electron chi connectivity index (χ1n) is 10.3. The average molecular weight is 450 g/mol. The number of ether oxygens (including phenoxy) is 1. The number of hydrogen-bond donors (Lipinski definition) is 1. The highest BCUT2D eigenvalue weighted by Crippen LogP contribution is 2.24. The number of nitrogens with one attached hydrogen (secondary N) is 1. The van der Waals surface area contributed by atoms with Crippen LogP contribution in [0, 0.1) is 0 Å². The van der Waals surface area contributed by atoms with Gasteiger partial charge in [-0.2, -0.15) is 0 Å². The van der Waals surface area contributed by atoms with Gasteiger partial charge in [0.05, 0.1) is 16.7 Å². The topological polar surface area (TPSA) is 44.8 Å². The minimum absolute atomic E-state index is 0.111. The van der Waals surface area contributed by atoms with Crippen LogP contribution in [0.1, 0.15) is 28.8 Å². The van der Waals surface area contributed by atoms with Gasteiger partial charge >= 0.3 is 0 Å². The van der Waals surface area contributed by atoms with Crippen molar-refractivity contribution in [2.24, 2.45) is 0 Å². The first-order valence-corrected chi connectivity index (χ1v) is 11.0. The first-order chi connectivity index (χ1) is 14.4. The number of para-hydroxylation sites is 1. The molecule has 5 nitrogen and oxygen atoms in total. The van der Waals surface area contributed by atoms with E-state index in [9.17, 15) is 4.79 Å². The SMILES string of the molecule is CN(C)CCCOc1ccccc1CN1CC[C@H](NC(=O)c2ccc(Cl)c(Cl)c2)C1. The minimum Gasteiger partial charge on any atom is -0.493 e. The molecule has 0 spiro atoms. The Morgan fingerprint density at radius 2 is 2.00 bits per heavy atom. The quantitative estimate of drug-likeness (QED) is 0.578. The summed E-state index contributed by atoms with van der Waals surface area (Å²) < 4.78 is 6.02. The van der Waals surface area contributed by atoms with Crippen LogP contribution in [0.25, 0.3) is 0 Å². The lowest BCUT2D eigenvalue weighted by molar-refractivity contribution is 0.0937. The van der Waals surface area contributed by atoms with Crippen LogP contribution in [0.5, 0.6) is 5.75 Å². The summed E-state index contributed by atoms with van der Waals surface area (Å²) in [4.78, 5) is 17.0. The average Bonchev–Trinajstić information content (AvgIpc) is 3.15. The predicted octanol–water partition coefficient (Wildman–Crippen LogP) is 4.33.